The van der Waals surface area contributed by atoms with E-state index >= 15 is 0 Å². The number of halogens is 3. The van der Waals surface area contributed by atoms with Gasteiger partial charge in [0.05, 0.1) is 6.54 Å². The highest BCUT2D eigenvalue weighted by atomic mass is 19.4. The van der Waals surface area contributed by atoms with Gasteiger partial charge in [-0.15, -0.1) is 0 Å². The van der Waals surface area contributed by atoms with Gasteiger partial charge in [-0.05, 0) is 19.4 Å². The molecule has 2 nitrogen and oxygen atoms in total. The Morgan fingerprint density at radius 2 is 1.65 bits per heavy atom. The van der Waals surface area contributed by atoms with Crippen molar-refractivity contribution < 1.29 is 13.2 Å². The molecule has 114 valence electrons. The zero-order chi connectivity index (χ0) is 15.4. The molecule has 1 unspecified atom stereocenters. The Labute approximate surface area is 118 Å². The number of rotatable bonds is 6. The van der Waals surface area contributed by atoms with Crippen LogP contribution < -0.4 is 5.73 Å². The molecule has 0 amide bonds. The van der Waals surface area contributed by atoms with Crippen molar-refractivity contribution in [1.29, 1.82) is 0 Å². The van der Waals surface area contributed by atoms with Crippen molar-refractivity contribution in [3.05, 3.63) is 35.9 Å². The van der Waals surface area contributed by atoms with Gasteiger partial charge in [0, 0.05) is 24.5 Å². The highest BCUT2D eigenvalue weighted by Crippen LogP contribution is 2.27. The van der Waals surface area contributed by atoms with Gasteiger partial charge >= 0.3 is 6.18 Å². The molecule has 0 bridgehead atoms. The minimum Gasteiger partial charge on any atom is -0.330 e. The summed E-state index contributed by atoms with van der Waals surface area (Å²) in [5.41, 5.74) is 6.32. The molecule has 0 radical (unpaired) electrons. The Balaban J connectivity index is 2.94. The second kappa shape index (κ2) is 6.59. The van der Waals surface area contributed by atoms with Crippen molar-refractivity contribution in [3.63, 3.8) is 0 Å². The molecule has 2 N–H and O–H groups in total. The maximum absolute atomic E-state index is 12.7. The van der Waals surface area contributed by atoms with Gasteiger partial charge < -0.3 is 5.73 Å². The quantitative estimate of drug-likeness (QED) is 0.871. The first kappa shape index (κ1) is 17.0. The Hall–Kier alpha value is -1.07. The summed E-state index contributed by atoms with van der Waals surface area (Å²) in [5, 5.41) is 0. The first-order valence-corrected chi connectivity index (χ1v) is 6.74. The lowest BCUT2D eigenvalue weighted by molar-refractivity contribution is -0.151. The van der Waals surface area contributed by atoms with E-state index in [1.807, 2.05) is 37.3 Å². The van der Waals surface area contributed by atoms with E-state index < -0.39 is 18.1 Å². The van der Waals surface area contributed by atoms with Gasteiger partial charge in [0.2, 0.25) is 0 Å². The second-order valence-corrected chi connectivity index (χ2v) is 5.74. The second-order valence-electron chi connectivity index (χ2n) is 5.74. The zero-order valence-electron chi connectivity index (χ0n) is 12.2. The highest BCUT2D eigenvalue weighted by molar-refractivity contribution is 5.25. The van der Waals surface area contributed by atoms with Gasteiger partial charge in [-0.2, -0.15) is 13.2 Å². The molecule has 0 aliphatic rings. The third-order valence-electron chi connectivity index (χ3n) is 3.59. The molecule has 0 saturated carbocycles. The summed E-state index contributed by atoms with van der Waals surface area (Å²) in [6, 6.07) is 9.29. The lowest BCUT2D eigenvalue weighted by atomic mass is 9.81. The van der Waals surface area contributed by atoms with Crippen LogP contribution in [-0.2, 0) is 5.41 Å². The minimum atomic E-state index is -4.20. The summed E-state index contributed by atoms with van der Waals surface area (Å²) in [6.45, 7) is 5.13. The average molecular weight is 288 g/mol. The fraction of sp³-hybridized carbons (Fsp3) is 0.600. The fourth-order valence-corrected chi connectivity index (χ4v) is 2.21. The average Bonchev–Trinajstić information content (AvgIpc) is 2.37. The van der Waals surface area contributed by atoms with Gasteiger partial charge in [0.15, 0.2) is 0 Å². The van der Waals surface area contributed by atoms with Gasteiger partial charge in [-0.1, -0.05) is 37.3 Å². The normalized spacial score (nSPS) is 15.7. The molecule has 0 heterocycles. The third-order valence-corrected chi connectivity index (χ3v) is 3.59. The van der Waals surface area contributed by atoms with E-state index in [0.717, 1.165) is 5.56 Å². The molecule has 0 spiro atoms. The van der Waals surface area contributed by atoms with Gasteiger partial charge in [-0.3, -0.25) is 4.90 Å². The molecule has 20 heavy (non-hydrogen) atoms. The van der Waals surface area contributed by atoms with Gasteiger partial charge in [0.25, 0.3) is 0 Å². The van der Waals surface area contributed by atoms with Crippen molar-refractivity contribution in [1.82, 2.24) is 4.90 Å². The number of nitrogens with two attached hydrogens (primary N) is 1. The Kier molecular flexibility index (Phi) is 5.59. The summed E-state index contributed by atoms with van der Waals surface area (Å²) < 4.78 is 38.0. The number of benzene rings is 1. The molecular weight excluding hydrogens is 265 g/mol. The first-order chi connectivity index (χ1) is 9.18. The molecule has 1 atom stereocenters. The standard InChI is InChI=1S/C15H23F3N2/c1-12(2)20(11-15(16,17)18)10-14(3,9-19)13-7-5-4-6-8-13/h4-8,12H,9-11,19H2,1-3H3. The number of hydrogen-bond acceptors (Lipinski definition) is 2. The van der Waals surface area contributed by atoms with Crippen LogP contribution in [0, 0.1) is 0 Å². The molecule has 1 rings (SSSR count). The van der Waals surface area contributed by atoms with E-state index in [9.17, 15) is 13.2 Å². The van der Waals surface area contributed by atoms with Crippen LogP contribution >= 0.6 is 0 Å². The zero-order valence-corrected chi connectivity index (χ0v) is 12.2. The van der Waals surface area contributed by atoms with Crippen LogP contribution in [0.2, 0.25) is 0 Å². The van der Waals surface area contributed by atoms with Crippen molar-refractivity contribution in [3.8, 4) is 0 Å². The van der Waals surface area contributed by atoms with Gasteiger partial charge in [0.1, 0.15) is 0 Å². The van der Waals surface area contributed by atoms with Crippen LogP contribution in [0.15, 0.2) is 30.3 Å². The minimum absolute atomic E-state index is 0.189. The summed E-state index contributed by atoms with van der Waals surface area (Å²) in [6.07, 6.45) is -4.20. The summed E-state index contributed by atoms with van der Waals surface area (Å²) in [4.78, 5) is 1.43. The Bertz CT molecular complexity index is 403. The SMILES string of the molecule is CC(C)N(CC(F)(F)F)CC(C)(CN)c1ccccc1. The van der Waals surface area contributed by atoms with Crippen LogP contribution in [0.4, 0.5) is 13.2 Å². The van der Waals surface area contributed by atoms with E-state index in [-0.39, 0.29) is 12.6 Å². The van der Waals surface area contributed by atoms with Crippen molar-refractivity contribution in [2.45, 2.75) is 38.4 Å². The largest absolute Gasteiger partial charge is 0.401 e. The summed E-state index contributed by atoms with van der Waals surface area (Å²) in [5.74, 6) is 0. The molecule has 0 aliphatic carbocycles. The monoisotopic (exact) mass is 288 g/mol. The van der Waals surface area contributed by atoms with E-state index in [0.29, 0.717) is 6.54 Å². The highest BCUT2D eigenvalue weighted by Gasteiger charge is 2.36. The maximum Gasteiger partial charge on any atom is 0.401 e. The molecule has 5 heteroatoms. The smallest absolute Gasteiger partial charge is 0.330 e. The number of nitrogens with zero attached hydrogens (tertiary/aromatic N) is 1. The number of alkyl halides is 3. The van der Waals surface area contributed by atoms with E-state index in [1.165, 1.54) is 4.90 Å². The van der Waals surface area contributed by atoms with Crippen molar-refractivity contribution in [2.24, 2.45) is 5.73 Å². The Morgan fingerprint density at radius 3 is 2.05 bits per heavy atom. The third kappa shape index (κ3) is 4.80. The lowest BCUT2D eigenvalue weighted by Gasteiger charge is -2.37. The molecule has 0 aromatic heterocycles. The van der Waals surface area contributed by atoms with Crippen molar-refractivity contribution in [2.75, 3.05) is 19.6 Å². The van der Waals surface area contributed by atoms with E-state index in [4.69, 9.17) is 5.73 Å². The molecule has 0 saturated heterocycles. The molecular formula is C15H23F3N2. The van der Waals surface area contributed by atoms with Crippen LogP contribution in [0.1, 0.15) is 26.3 Å². The Morgan fingerprint density at radius 1 is 1.10 bits per heavy atom. The molecule has 0 aliphatic heterocycles. The molecule has 1 aromatic rings. The van der Waals surface area contributed by atoms with E-state index in [2.05, 4.69) is 0 Å². The van der Waals surface area contributed by atoms with Gasteiger partial charge in [-0.25, -0.2) is 0 Å². The van der Waals surface area contributed by atoms with Crippen LogP contribution in [0.25, 0.3) is 0 Å². The topological polar surface area (TPSA) is 29.3 Å². The molecule has 0 fully saturated rings. The van der Waals surface area contributed by atoms with E-state index in [1.54, 1.807) is 13.8 Å². The number of hydrogen-bond donors (Lipinski definition) is 1. The van der Waals surface area contributed by atoms with Crippen LogP contribution in [0.3, 0.4) is 0 Å². The predicted octanol–water partition coefficient (Wildman–Crippen LogP) is 3.18. The summed E-state index contributed by atoms with van der Waals surface area (Å²) >= 11 is 0. The fourth-order valence-electron chi connectivity index (χ4n) is 2.21. The summed E-state index contributed by atoms with van der Waals surface area (Å²) in [7, 11) is 0. The van der Waals surface area contributed by atoms with Crippen LogP contribution in [-0.4, -0.2) is 36.8 Å². The predicted molar refractivity (Wildman–Crippen MR) is 75.6 cm³/mol. The van der Waals surface area contributed by atoms with Crippen molar-refractivity contribution >= 4 is 0 Å². The lowest BCUT2D eigenvalue weighted by Crippen LogP contribution is -2.49. The maximum atomic E-state index is 12.7. The first-order valence-electron chi connectivity index (χ1n) is 6.74. The van der Waals surface area contributed by atoms with Crippen LogP contribution in [0.5, 0.6) is 0 Å². The molecule has 1 aromatic carbocycles.